The monoisotopic (exact) mass is 402 g/mol. The summed E-state index contributed by atoms with van der Waals surface area (Å²) >= 11 is 0. The summed E-state index contributed by atoms with van der Waals surface area (Å²) in [7, 11) is 0. The van der Waals surface area contributed by atoms with E-state index < -0.39 is 17.4 Å². The van der Waals surface area contributed by atoms with Gasteiger partial charge < -0.3 is 14.6 Å². The number of ether oxygens (including phenoxy) is 2. The molecule has 1 aromatic carbocycles. The quantitative estimate of drug-likeness (QED) is 0.256. The van der Waals surface area contributed by atoms with Gasteiger partial charge in [-0.3, -0.25) is 9.59 Å². The van der Waals surface area contributed by atoms with Gasteiger partial charge in [-0.2, -0.15) is 0 Å². The molecule has 1 aromatic rings. The van der Waals surface area contributed by atoms with Crippen molar-refractivity contribution >= 4 is 24.0 Å². The van der Waals surface area contributed by atoms with Crippen LogP contribution in [0.2, 0.25) is 0 Å². The first-order valence-electron chi connectivity index (χ1n) is 10.4. The van der Waals surface area contributed by atoms with E-state index in [1.807, 2.05) is 30.3 Å². The van der Waals surface area contributed by atoms with Gasteiger partial charge in [0.05, 0.1) is 13.2 Å². The van der Waals surface area contributed by atoms with E-state index in [2.05, 4.69) is 0 Å². The van der Waals surface area contributed by atoms with Crippen molar-refractivity contribution in [1.82, 2.24) is 0 Å². The molecule has 158 valence electrons. The minimum absolute atomic E-state index is 0.230. The standard InChI is InChI=1S/C23H30O6/c24-20(14-13-19-11-5-3-6-12-19)28-17-9-1-2-10-18-29-22(27)23(21(25)26)15-7-4-8-16-23/h3,5-6,11-14H,1-2,4,7-10,15-18H2,(H,25,26). The number of carbonyl (C=O) groups is 3. The number of carboxylic acid groups (broad SMARTS) is 1. The number of carbonyl (C=O) groups excluding carboxylic acids is 2. The third-order valence-electron chi connectivity index (χ3n) is 5.23. The highest BCUT2D eigenvalue weighted by Crippen LogP contribution is 2.37. The molecule has 2 rings (SSSR count). The molecule has 1 saturated carbocycles. The van der Waals surface area contributed by atoms with Crippen molar-refractivity contribution in [3.63, 3.8) is 0 Å². The van der Waals surface area contributed by atoms with E-state index in [-0.39, 0.29) is 12.6 Å². The first-order chi connectivity index (χ1) is 14.0. The molecule has 0 aromatic heterocycles. The highest BCUT2D eigenvalue weighted by atomic mass is 16.5. The van der Waals surface area contributed by atoms with Crippen molar-refractivity contribution in [2.45, 2.75) is 57.8 Å². The van der Waals surface area contributed by atoms with Crippen LogP contribution < -0.4 is 0 Å². The molecule has 0 radical (unpaired) electrons. The molecule has 0 spiro atoms. The van der Waals surface area contributed by atoms with E-state index in [1.165, 1.54) is 6.08 Å². The van der Waals surface area contributed by atoms with Crippen LogP contribution >= 0.6 is 0 Å². The van der Waals surface area contributed by atoms with Gasteiger partial charge in [-0.25, -0.2) is 4.79 Å². The summed E-state index contributed by atoms with van der Waals surface area (Å²) in [4.78, 5) is 35.5. The van der Waals surface area contributed by atoms with Gasteiger partial charge in [-0.05, 0) is 50.2 Å². The Balaban J connectivity index is 1.53. The maximum Gasteiger partial charge on any atom is 0.330 e. The SMILES string of the molecule is O=C(C=Cc1ccccc1)OCCCCCCOC(=O)C1(C(=O)O)CCCCC1. The molecule has 0 unspecified atom stereocenters. The topological polar surface area (TPSA) is 89.9 Å². The molecule has 1 aliphatic rings. The number of hydrogen-bond donors (Lipinski definition) is 1. The Hall–Kier alpha value is -2.63. The number of carboxylic acids is 1. The zero-order chi connectivity index (χ0) is 21.0. The van der Waals surface area contributed by atoms with Crippen LogP contribution in [-0.2, 0) is 23.9 Å². The van der Waals surface area contributed by atoms with Crippen LogP contribution in [0.4, 0.5) is 0 Å². The molecule has 1 aliphatic carbocycles. The van der Waals surface area contributed by atoms with Gasteiger partial charge in [-0.1, -0.05) is 49.6 Å². The Morgan fingerprint density at radius 2 is 1.52 bits per heavy atom. The molecule has 29 heavy (non-hydrogen) atoms. The Morgan fingerprint density at radius 1 is 0.897 bits per heavy atom. The third kappa shape index (κ3) is 7.37. The van der Waals surface area contributed by atoms with Gasteiger partial charge in [-0.15, -0.1) is 0 Å². The molecular formula is C23H30O6. The summed E-state index contributed by atoms with van der Waals surface area (Å²) in [5.41, 5.74) is -0.406. The lowest BCUT2D eigenvalue weighted by Gasteiger charge is -2.30. The summed E-state index contributed by atoms with van der Waals surface area (Å²) in [5.74, 6) is -2.02. The van der Waals surface area contributed by atoms with Gasteiger partial charge >= 0.3 is 17.9 Å². The van der Waals surface area contributed by atoms with Crippen molar-refractivity contribution < 1.29 is 29.0 Å². The normalized spacial score (nSPS) is 15.7. The van der Waals surface area contributed by atoms with Gasteiger partial charge in [0.2, 0.25) is 0 Å². The molecule has 6 heteroatoms. The second-order valence-corrected chi connectivity index (χ2v) is 7.41. The van der Waals surface area contributed by atoms with Crippen LogP contribution in [0.5, 0.6) is 0 Å². The Labute approximate surface area is 171 Å². The fourth-order valence-corrected chi connectivity index (χ4v) is 3.47. The zero-order valence-electron chi connectivity index (χ0n) is 16.8. The molecule has 6 nitrogen and oxygen atoms in total. The minimum Gasteiger partial charge on any atom is -0.480 e. The van der Waals surface area contributed by atoms with Gasteiger partial charge in [0.1, 0.15) is 0 Å². The van der Waals surface area contributed by atoms with Crippen molar-refractivity contribution in [2.75, 3.05) is 13.2 Å². The lowest BCUT2D eigenvalue weighted by atomic mass is 9.74. The van der Waals surface area contributed by atoms with Crippen LogP contribution in [-0.4, -0.2) is 36.2 Å². The second kappa shape index (κ2) is 12.0. The van der Waals surface area contributed by atoms with Crippen LogP contribution in [0.3, 0.4) is 0 Å². The Kier molecular flexibility index (Phi) is 9.41. The summed E-state index contributed by atoms with van der Waals surface area (Å²) in [6, 6.07) is 9.53. The van der Waals surface area contributed by atoms with E-state index in [4.69, 9.17) is 9.47 Å². The predicted molar refractivity (Wildman–Crippen MR) is 109 cm³/mol. The van der Waals surface area contributed by atoms with Crippen LogP contribution in [0.25, 0.3) is 6.08 Å². The van der Waals surface area contributed by atoms with Crippen molar-refractivity contribution in [1.29, 1.82) is 0 Å². The molecule has 0 bridgehead atoms. The Bertz CT molecular complexity index is 689. The van der Waals surface area contributed by atoms with Crippen molar-refractivity contribution in [3.8, 4) is 0 Å². The van der Waals surface area contributed by atoms with Crippen LogP contribution in [0, 0.1) is 5.41 Å². The zero-order valence-corrected chi connectivity index (χ0v) is 16.8. The lowest BCUT2D eigenvalue weighted by Crippen LogP contribution is -2.42. The fourth-order valence-electron chi connectivity index (χ4n) is 3.47. The first-order valence-corrected chi connectivity index (χ1v) is 10.4. The number of unbranched alkanes of at least 4 members (excludes halogenated alkanes) is 3. The number of rotatable bonds is 11. The first kappa shape index (κ1) is 22.7. The van der Waals surface area contributed by atoms with Crippen molar-refractivity contribution in [2.24, 2.45) is 5.41 Å². The van der Waals surface area contributed by atoms with E-state index in [9.17, 15) is 19.5 Å². The summed E-state index contributed by atoms with van der Waals surface area (Å²) in [6.45, 7) is 0.577. The second-order valence-electron chi connectivity index (χ2n) is 7.41. The molecule has 0 heterocycles. The predicted octanol–water partition coefficient (Wildman–Crippen LogP) is 4.38. The lowest BCUT2D eigenvalue weighted by molar-refractivity contribution is -0.171. The highest BCUT2D eigenvalue weighted by Gasteiger charge is 2.48. The maximum atomic E-state index is 12.3. The number of esters is 2. The number of aliphatic carboxylic acids is 1. The summed E-state index contributed by atoms with van der Waals surface area (Å²) < 4.78 is 10.4. The van der Waals surface area contributed by atoms with Gasteiger partial charge in [0, 0.05) is 6.08 Å². The Morgan fingerprint density at radius 3 is 2.14 bits per heavy atom. The molecule has 1 fully saturated rings. The van der Waals surface area contributed by atoms with E-state index in [0.717, 1.165) is 44.1 Å². The average Bonchev–Trinajstić information content (AvgIpc) is 2.75. The van der Waals surface area contributed by atoms with Gasteiger partial charge in [0.25, 0.3) is 0 Å². The maximum absolute atomic E-state index is 12.3. The molecule has 0 amide bonds. The highest BCUT2D eigenvalue weighted by molar-refractivity contribution is 5.99. The molecule has 1 N–H and O–H groups in total. The molecule has 0 saturated heterocycles. The largest absolute Gasteiger partial charge is 0.480 e. The van der Waals surface area contributed by atoms with E-state index in [0.29, 0.717) is 25.9 Å². The van der Waals surface area contributed by atoms with E-state index >= 15 is 0 Å². The van der Waals surface area contributed by atoms with Crippen LogP contribution in [0.1, 0.15) is 63.4 Å². The number of benzene rings is 1. The summed E-state index contributed by atoms with van der Waals surface area (Å²) in [5, 5.41) is 9.46. The molecule has 0 aliphatic heterocycles. The third-order valence-corrected chi connectivity index (χ3v) is 5.23. The van der Waals surface area contributed by atoms with Crippen molar-refractivity contribution in [3.05, 3.63) is 42.0 Å². The van der Waals surface area contributed by atoms with Gasteiger partial charge in [0.15, 0.2) is 5.41 Å². The average molecular weight is 402 g/mol. The smallest absolute Gasteiger partial charge is 0.330 e. The number of hydrogen-bond acceptors (Lipinski definition) is 5. The van der Waals surface area contributed by atoms with E-state index in [1.54, 1.807) is 6.08 Å². The molecular weight excluding hydrogens is 372 g/mol. The fraction of sp³-hybridized carbons (Fsp3) is 0.522. The molecule has 0 atom stereocenters. The minimum atomic E-state index is -1.35. The summed E-state index contributed by atoms with van der Waals surface area (Å²) in [6.07, 6.45) is 9.40. The van der Waals surface area contributed by atoms with Crippen LogP contribution in [0.15, 0.2) is 36.4 Å².